The van der Waals surface area contributed by atoms with Crippen LogP contribution in [-0.2, 0) is 14.9 Å². The zero-order chi connectivity index (χ0) is 16.6. The van der Waals surface area contributed by atoms with Crippen LogP contribution in [-0.4, -0.2) is 45.8 Å². The summed E-state index contributed by atoms with van der Waals surface area (Å²) < 4.78 is 32.4. The van der Waals surface area contributed by atoms with Crippen molar-refractivity contribution in [3.05, 3.63) is 35.5 Å². The molecule has 8 nitrogen and oxygen atoms in total. The van der Waals surface area contributed by atoms with Crippen molar-refractivity contribution < 1.29 is 22.1 Å². The van der Waals surface area contributed by atoms with Gasteiger partial charge in [-0.15, -0.1) is 0 Å². The molecule has 0 fully saturated rings. The lowest BCUT2D eigenvalue weighted by Crippen LogP contribution is -2.35. The zero-order valence-electron chi connectivity index (χ0n) is 12.4. The molecule has 1 aromatic carbocycles. The van der Waals surface area contributed by atoms with Crippen LogP contribution in [0, 0.1) is 0 Å². The maximum absolute atomic E-state index is 11.7. The highest BCUT2D eigenvalue weighted by atomic mass is 32.2. The van der Waals surface area contributed by atoms with Crippen molar-refractivity contribution in [1.29, 1.82) is 0 Å². The smallest absolute Gasteiger partial charge is 0.306 e. The maximum Gasteiger partial charge on any atom is 0.306 e. The lowest BCUT2D eigenvalue weighted by atomic mass is 10.1. The van der Waals surface area contributed by atoms with Gasteiger partial charge in [0.25, 0.3) is 5.91 Å². The predicted molar refractivity (Wildman–Crippen MR) is 83.5 cm³/mol. The first-order valence-corrected chi connectivity index (χ1v) is 8.43. The molecule has 9 heteroatoms. The Morgan fingerprint density at radius 3 is 2.70 bits per heavy atom. The van der Waals surface area contributed by atoms with Gasteiger partial charge < -0.3 is 14.2 Å². The van der Waals surface area contributed by atoms with Crippen molar-refractivity contribution in [2.75, 3.05) is 19.9 Å². The van der Waals surface area contributed by atoms with Gasteiger partial charge in [-0.1, -0.05) is 0 Å². The van der Waals surface area contributed by atoms with Crippen molar-refractivity contribution in [2.45, 2.75) is 0 Å². The molecule has 0 aromatic heterocycles. The quantitative estimate of drug-likeness (QED) is 0.794. The van der Waals surface area contributed by atoms with Crippen molar-refractivity contribution in [3.8, 4) is 11.5 Å². The van der Waals surface area contributed by atoms with Gasteiger partial charge in [0, 0.05) is 12.6 Å². The topological polar surface area (TPSA) is 106 Å². The van der Waals surface area contributed by atoms with Crippen LogP contribution < -0.4 is 14.2 Å². The molecule has 1 amide bonds. The molecule has 0 saturated carbocycles. The number of benzene rings is 1. The molecule has 0 bridgehead atoms. The number of amides is 1. The van der Waals surface area contributed by atoms with Crippen LogP contribution in [0.3, 0.4) is 0 Å². The molecule has 2 heterocycles. The van der Waals surface area contributed by atoms with Crippen LogP contribution in [0.5, 0.6) is 11.5 Å². The van der Waals surface area contributed by atoms with E-state index in [0.717, 1.165) is 6.26 Å². The van der Waals surface area contributed by atoms with Gasteiger partial charge in [0.1, 0.15) is 11.5 Å². The van der Waals surface area contributed by atoms with E-state index in [1.165, 1.54) is 19.2 Å². The first-order chi connectivity index (χ1) is 10.9. The van der Waals surface area contributed by atoms with Gasteiger partial charge in [-0.3, -0.25) is 4.79 Å². The molecule has 1 N–H and O–H groups in total. The molecule has 120 valence electrons. The van der Waals surface area contributed by atoms with Gasteiger partial charge in [0.2, 0.25) is 0 Å². The van der Waals surface area contributed by atoms with E-state index in [-0.39, 0.29) is 17.4 Å². The van der Waals surface area contributed by atoms with Crippen LogP contribution in [0.4, 0.5) is 0 Å². The Morgan fingerprint density at radius 2 is 2.04 bits per heavy atom. The molecule has 0 unspecified atom stereocenters. The Bertz CT molecular complexity index is 884. The first-order valence-electron chi connectivity index (χ1n) is 6.61. The minimum absolute atomic E-state index is 0.119. The normalized spacial score (nSPS) is 16.8. The van der Waals surface area contributed by atoms with Crippen LogP contribution in [0.25, 0.3) is 0 Å². The van der Waals surface area contributed by atoms with Crippen LogP contribution in [0.2, 0.25) is 0 Å². The van der Waals surface area contributed by atoms with Crippen molar-refractivity contribution in [2.24, 2.45) is 9.98 Å². The number of nitrogens with zero attached hydrogens (tertiary/aromatic N) is 2. The number of hydrogen-bond acceptors (Lipinski definition) is 7. The molecule has 0 radical (unpaired) electrons. The number of methoxy groups -OCH3 is 1. The van der Waals surface area contributed by atoms with Crippen molar-refractivity contribution in [1.82, 2.24) is 5.32 Å². The maximum atomic E-state index is 11.7. The summed E-state index contributed by atoms with van der Waals surface area (Å²) >= 11 is 0. The Balaban J connectivity index is 2.00. The van der Waals surface area contributed by atoms with Crippen molar-refractivity contribution in [3.63, 3.8) is 0 Å². The lowest BCUT2D eigenvalue weighted by molar-refractivity contribution is -0.114. The third-order valence-corrected chi connectivity index (χ3v) is 3.62. The van der Waals surface area contributed by atoms with E-state index < -0.39 is 10.1 Å². The highest BCUT2D eigenvalue weighted by Gasteiger charge is 2.27. The SMILES string of the molecule is COc1cc(OS(C)(=O)=O)ccc1C1=NC2=CCNC(=O)C2=N1. The van der Waals surface area contributed by atoms with Crippen LogP contribution in [0.1, 0.15) is 5.56 Å². The molecule has 2 aliphatic heterocycles. The fourth-order valence-corrected chi connectivity index (χ4v) is 2.65. The van der Waals surface area contributed by atoms with E-state index in [4.69, 9.17) is 8.92 Å². The van der Waals surface area contributed by atoms with Crippen LogP contribution >= 0.6 is 0 Å². The fraction of sp³-hybridized carbons (Fsp3) is 0.214. The molecule has 0 atom stereocenters. The van der Waals surface area contributed by atoms with Gasteiger partial charge in [-0.25, -0.2) is 9.98 Å². The molecular formula is C14H13N3O5S. The van der Waals surface area contributed by atoms with Gasteiger partial charge in [-0.2, -0.15) is 8.42 Å². The average Bonchev–Trinajstić information content (AvgIpc) is 2.90. The summed E-state index contributed by atoms with van der Waals surface area (Å²) in [5.41, 5.74) is 1.30. The van der Waals surface area contributed by atoms with E-state index in [1.54, 1.807) is 12.1 Å². The second-order valence-electron chi connectivity index (χ2n) is 4.84. The first kappa shape index (κ1) is 15.2. The zero-order valence-corrected chi connectivity index (χ0v) is 13.2. The fourth-order valence-electron chi connectivity index (χ4n) is 2.19. The summed E-state index contributed by atoms with van der Waals surface area (Å²) in [4.78, 5) is 20.3. The Kier molecular flexibility index (Phi) is 3.64. The van der Waals surface area contributed by atoms with E-state index >= 15 is 0 Å². The van der Waals surface area contributed by atoms with Gasteiger partial charge in [0.05, 0.1) is 24.6 Å². The highest BCUT2D eigenvalue weighted by molar-refractivity contribution is 7.86. The summed E-state index contributed by atoms with van der Waals surface area (Å²) in [6, 6.07) is 4.48. The van der Waals surface area contributed by atoms with Gasteiger partial charge >= 0.3 is 10.1 Å². The number of carbonyl (C=O) groups is 1. The molecule has 1 aromatic rings. The van der Waals surface area contributed by atoms with E-state index in [2.05, 4.69) is 15.3 Å². The second-order valence-corrected chi connectivity index (χ2v) is 6.42. The molecule has 2 aliphatic rings. The average molecular weight is 335 g/mol. The third-order valence-electron chi connectivity index (χ3n) is 3.12. The van der Waals surface area contributed by atoms with Crippen LogP contribution in [0.15, 0.2) is 40.0 Å². The minimum atomic E-state index is -3.63. The van der Waals surface area contributed by atoms with E-state index in [9.17, 15) is 13.2 Å². The predicted octanol–water partition coefficient (Wildman–Crippen LogP) is 0.248. The molecule has 23 heavy (non-hydrogen) atoms. The Hall–Kier alpha value is -2.68. The molecule has 0 aliphatic carbocycles. The van der Waals surface area contributed by atoms with Gasteiger partial charge in [-0.05, 0) is 18.2 Å². The second kappa shape index (κ2) is 5.51. The standard InChI is InChI=1S/C14H13N3O5S/c1-21-11-7-8(22-23(2,19)20)3-4-9(11)13-16-10-5-6-15-14(18)12(10)17-13/h3-5,7H,6H2,1-2H3,(H,15,18). The van der Waals surface area contributed by atoms with E-state index in [1.807, 2.05) is 0 Å². The number of hydrogen-bond donors (Lipinski definition) is 1. The summed E-state index contributed by atoms with van der Waals surface area (Å²) in [6.45, 7) is 0.405. The third kappa shape index (κ3) is 3.09. The Morgan fingerprint density at radius 1 is 1.26 bits per heavy atom. The Labute approximate surface area is 132 Å². The van der Waals surface area contributed by atoms with E-state index in [0.29, 0.717) is 29.4 Å². The summed E-state index contributed by atoms with van der Waals surface area (Å²) in [7, 11) is -2.20. The lowest BCUT2D eigenvalue weighted by Gasteiger charge is -2.09. The number of ether oxygens (including phenoxy) is 1. The number of carbonyl (C=O) groups excluding carboxylic acids is 1. The summed E-state index contributed by atoms with van der Waals surface area (Å²) in [6.07, 6.45) is 2.72. The van der Waals surface area contributed by atoms with Gasteiger partial charge in [0.15, 0.2) is 11.5 Å². The number of amidine groups is 1. The number of rotatable bonds is 4. The molecule has 0 spiro atoms. The number of fused-ring (bicyclic) bond motifs is 1. The number of nitrogens with one attached hydrogen (secondary N) is 1. The largest absolute Gasteiger partial charge is 0.496 e. The monoisotopic (exact) mass is 335 g/mol. The summed E-state index contributed by atoms with van der Waals surface area (Å²) in [5.74, 6) is 0.505. The molecule has 3 rings (SSSR count). The number of aliphatic imine (C=N–C) groups is 2. The highest BCUT2D eigenvalue weighted by Crippen LogP contribution is 2.29. The minimum Gasteiger partial charge on any atom is -0.496 e. The van der Waals surface area contributed by atoms with Crippen molar-refractivity contribution >= 4 is 27.6 Å². The molecule has 0 saturated heterocycles. The molecular weight excluding hydrogens is 322 g/mol. The summed E-state index contributed by atoms with van der Waals surface area (Å²) in [5, 5.41) is 2.65.